The Morgan fingerprint density at radius 3 is 2.71 bits per heavy atom. The molecule has 2 aromatic rings. The maximum absolute atomic E-state index is 12.0. The van der Waals surface area contributed by atoms with Crippen molar-refractivity contribution in [3.63, 3.8) is 0 Å². The van der Waals surface area contributed by atoms with Crippen LogP contribution in [0, 0.1) is 6.92 Å². The number of hydrogen-bond acceptors (Lipinski definition) is 3. The van der Waals surface area contributed by atoms with Gasteiger partial charge in [0.1, 0.15) is 5.82 Å². The lowest BCUT2D eigenvalue weighted by molar-refractivity contribution is 0.363. The number of para-hydroxylation sites is 1. The van der Waals surface area contributed by atoms with Crippen molar-refractivity contribution in [1.29, 1.82) is 0 Å². The van der Waals surface area contributed by atoms with Gasteiger partial charge in [0.2, 0.25) is 0 Å². The molecule has 0 saturated carbocycles. The van der Waals surface area contributed by atoms with E-state index in [1.165, 1.54) is 0 Å². The lowest BCUT2D eigenvalue weighted by Crippen LogP contribution is -2.33. The molecule has 1 saturated heterocycles. The summed E-state index contributed by atoms with van der Waals surface area (Å²) in [6.45, 7) is 5.88. The predicted octanol–water partition coefficient (Wildman–Crippen LogP) is 3.18. The highest BCUT2D eigenvalue weighted by molar-refractivity contribution is 7.91. The monoisotopic (exact) mass is 326 g/mol. The summed E-state index contributed by atoms with van der Waals surface area (Å²) < 4.78 is 26.0. The minimum absolute atomic E-state index is 0.149. The number of nitrogens with zero attached hydrogens (tertiary/aromatic N) is 2. The standard InChI is InChI=1S/C15H19ClN2O2S/c1-10-5-4-6-12-13(10)17-14(11(2)16)18(12)15(3)7-8-21(19,20)9-15/h4-6,11H,7-9H2,1-3H3. The zero-order valence-corrected chi connectivity index (χ0v) is 14.0. The molecule has 0 spiro atoms. The third-order valence-corrected chi connectivity index (χ3v) is 6.37. The minimum atomic E-state index is -2.99. The fourth-order valence-electron chi connectivity index (χ4n) is 3.26. The summed E-state index contributed by atoms with van der Waals surface area (Å²) in [6, 6.07) is 5.98. The van der Waals surface area contributed by atoms with Crippen molar-refractivity contribution < 1.29 is 8.42 Å². The average molecular weight is 327 g/mol. The highest BCUT2D eigenvalue weighted by Gasteiger charge is 2.42. The first-order valence-electron chi connectivity index (χ1n) is 7.06. The molecule has 2 heterocycles. The van der Waals surface area contributed by atoms with Gasteiger partial charge in [-0.1, -0.05) is 12.1 Å². The second-order valence-corrected chi connectivity index (χ2v) is 9.04. The van der Waals surface area contributed by atoms with E-state index in [0.717, 1.165) is 22.4 Å². The van der Waals surface area contributed by atoms with Crippen molar-refractivity contribution in [2.24, 2.45) is 0 Å². The number of aromatic nitrogens is 2. The van der Waals surface area contributed by atoms with Gasteiger partial charge < -0.3 is 4.57 Å². The summed E-state index contributed by atoms with van der Waals surface area (Å²) in [5.74, 6) is 1.13. The van der Waals surface area contributed by atoms with Gasteiger partial charge in [-0.25, -0.2) is 13.4 Å². The first-order valence-corrected chi connectivity index (χ1v) is 9.32. The summed E-state index contributed by atoms with van der Waals surface area (Å²) >= 11 is 6.31. The summed E-state index contributed by atoms with van der Waals surface area (Å²) in [6.07, 6.45) is 0.603. The molecule has 0 N–H and O–H groups in total. The molecule has 4 nitrogen and oxygen atoms in total. The third-order valence-electron chi connectivity index (χ3n) is 4.29. The molecule has 3 rings (SSSR count). The van der Waals surface area contributed by atoms with Crippen LogP contribution in [0.2, 0.25) is 0 Å². The molecule has 0 radical (unpaired) electrons. The normalized spacial score (nSPS) is 26.3. The molecule has 2 unspecified atom stereocenters. The molecule has 2 atom stereocenters. The number of hydrogen-bond donors (Lipinski definition) is 0. The van der Waals surface area contributed by atoms with Gasteiger partial charge in [-0.15, -0.1) is 11.6 Å². The summed E-state index contributed by atoms with van der Waals surface area (Å²) in [5.41, 5.74) is 2.48. The Balaban J connectivity index is 2.31. The molecule has 21 heavy (non-hydrogen) atoms. The van der Waals surface area contributed by atoms with E-state index < -0.39 is 15.4 Å². The predicted molar refractivity (Wildman–Crippen MR) is 85.7 cm³/mol. The first-order chi connectivity index (χ1) is 9.73. The molecule has 1 fully saturated rings. The van der Waals surface area contributed by atoms with Gasteiger partial charge in [-0.05, 0) is 38.8 Å². The summed E-state index contributed by atoms with van der Waals surface area (Å²) in [5, 5.41) is -0.267. The molecular formula is C15H19ClN2O2S. The van der Waals surface area contributed by atoms with E-state index in [-0.39, 0.29) is 16.9 Å². The highest BCUT2D eigenvalue weighted by atomic mass is 35.5. The van der Waals surface area contributed by atoms with Crippen molar-refractivity contribution >= 4 is 32.5 Å². The van der Waals surface area contributed by atoms with Crippen LogP contribution < -0.4 is 0 Å². The van der Waals surface area contributed by atoms with Crippen molar-refractivity contribution in [1.82, 2.24) is 9.55 Å². The van der Waals surface area contributed by atoms with Crippen molar-refractivity contribution in [2.45, 2.75) is 38.1 Å². The molecule has 1 aliphatic heterocycles. The SMILES string of the molecule is Cc1cccc2c1nc(C(C)Cl)n2C1(C)CCS(=O)(=O)C1. The fourth-order valence-corrected chi connectivity index (χ4v) is 5.52. The number of fused-ring (bicyclic) bond motifs is 1. The summed E-state index contributed by atoms with van der Waals surface area (Å²) in [7, 11) is -2.99. The van der Waals surface area contributed by atoms with E-state index in [2.05, 4.69) is 9.55 Å². The van der Waals surface area contributed by atoms with Gasteiger partial charge in [0.05, 0.1) is 33.5 Å². The molecule has 1 aromatic heterocycles. The van der Waals surface area contributed by atoms with Gasteiger partial charge in [0.25, 0.3) is 0 Å². The van der Waals surface area contributed by atoms with E-state index in [4.69, 9.17) is 11.6 Å². The zero-order chi connectivity index (χ0) is 15.4. The van der Waals surface area contributed by atoms with Gasteiger partial charge in [-0.3, -0.25) is 0 Å². The highest BCUT2D eigenvalue weighted by Crippen LogP contribution is 2.38. The smallest absolute Gasteiger partial charge is 0.152 e. The number of alkyl halides is 1. The quantitative estimate of drug-likeness (QED) is 0.796. The largest absolute Gasteiger partial charge is 0.320 e. The van der Waals surface area contributed by atoms with E-state index in [0.29, 0.717) is 6.42 Å². The Morgan fingerprint density at radius 1 is 1.43 bits per heavy atom. The van der Waals surface area contributed by atoms with Crippen LogP contribution in [-0.2, 0) is 15.4 Å². The number of benzene rings is 1. The van der Waals surface area contributed by atoms with E-state index in [1.54, 1.807) is 0 Å². The number of sulfone groups is 1. The van der Waals surface area contributed by atoms with Crippen LogP contribution in [0.5, 0.6) is 0 Å². The van der Waals surface area contributed by atoms with E-state index >= 15 is 0 Å². The number of imidazole rings is 1. The van der Waals surface area contributed by atoms with Gasteiger partial charge in [-0.2, -0.15) is 0 Å². The van der Waals surface area contributed by atoms with Gasteiger partial charge >= 0.3 is 0 Å². The second kappa shape index (κ2) is 4.71. The Morgan fingerprint density at radius 2 is 2.14 bits per heavy atom. The minimum Gasteiger partial charge on any atom is -0.320 e. The van der Waals surface area contributed by atoms with Crippen LogP contribution in [0.1, 0.15) is 37.0 Å². The lowest BCUT2D eigenvalue weighted by Gasteiger charge is -2.28. The second-order valence-electron chi connectivity index (χ2n) is 6.20. The summed E-state index contributed by atoms with van der Waals surface area (Å²) in [4.78, 5) is 4.69. The molecule has 0 bridgehead atoms. The fraction of sp³-hybridized carbons (Fsp3) is 0.533. The van der Waals surface area contributed by atoms with Crippen LogP contribution >= 0.6 is 11.6 Å². The Bertz CT molecular complexity index is 810. The van der Waals surface area contributed by atoms with Crippen LogP contribution in [0.25, 0.3) is 11.0 Å². The maximum atomic E-state index is 12.0. The Kier molecular flexibility index (Phi) is 3.33. The zero-order valence-electron chi connectivity index (χ0n) is 12.4. The van der Waals surface area contributed by atoms with Gasteiger partial charge in [0.15, 0.2) is 9.84 Å². The molecule has 6 heteroatoms. The number of aryl methyl sites for hydroxylation is 1. The molecule has 0 aliphatic carbocycles. The van der Waals surface area contributed by atoms with Crippen LogP contribution in [-0.4, -0.2) is 29.5 Å². The van der Waals surface area contributed by atoms with Crippen molar-refractivity contribution in [2.75, 3.05) is 11.5 Å². The maximum Gasteiger partial charge on any atom is 0.152 e. The van der Waals surface area contributed by atoms with Crippen LogP contribution in [0.15, 0.2) is 18.2 Å². The molecule has 0 amide bonds. The average Bonchev–Trinajstić information content (AvgIpc) is 2.89. The molecule has 114 valence electrons. The van der Waals surface area contributed by atoms with E-state index in [9.17, 15) is 8.42 Å². The van der Waals surface area contributed by atoms with Crippen molar-refractivity contribution in [3.05, 3.63) is 29.6 Å². The third kappa shape index (κ3) is 2.36. The first kappa shape index (κ1) is 14.9. The molecular weight excluding hydrogens is 308 g/mol. The lowest BCUT2D eigenvalue weighted by atomic mass is 10.0. The number of halogens is 1. The topological polar surface area (TPSA) is 52.0 Å². The van der Waals surface area contributed by atoms with Gasteiger partial charge in [0, 0.05) is 0 Å². The Hall–Kier alpha value is -1.07. The molecule has 1 aromatic carbocycles. The number of rotatable bonds is 2. The molecule has 1 aliphatic rings. The van der Waals surface area contributed by atoms with Crippen LogP contribution in [0.4, 0.5) is 0 Å². The Labute approximate surface area is 130 Å². The van der Waals surface area contributed by atoms with Crippen molar-refractivity contribution in [3.8, 4) is 0 Å². The van der Waals surface area contributed by atoms with Crippen LogP contribution in [0.3, 0.4) is 0 Å². The van der Waals surface area contributed by atoms with E-state index in [1.807, 2.05) is 39.0 Å².